The number of imidazole rings is 1. The molecule has 1 aromatic carbocycles. The standard InChI is InChI=1S/C9H9N3OS/c10-6-3-1-2-4-7(6)12-5-8(13)11-9(12)14/h1-5,13H,10H2,(H,11,14). The molecule has 0 aliphatic carbocycles. The molecule has 0 spiro atoms. The predicted octanol–water partition coefficient (Wildman–Crippen LogP) is 1.82. The lowest BCUT2D eigenvalue weighted by Gasteiger charge is -2.04. The summed E-state index contributed by atoms with van der Waals surface area (Å²) in [7, 11) is 0. The first-order valence-electron chi connectivity index (χ1n) is 4.04. The van der Waals surface area contributed by atoms with Gasteiger partial charge in [-0.1, -0.05) is 12.1 Å². The van der Waals surface area contributed by atoms with Gasteiger partial charge in [0.05, 0.1) is 17.6 Å². The predicted molar refractivity (Wildman–Crippen MR) is 57.0 cm³/mol. The van der Waals surface area contributed by atoms with Crippen molar-refractivity contribution in [2.24, 2.45) is 0 Å². The molecular weight excluding hydrogens is 198 g/mol. The number of hydrogen-bond acceptors (Lipinski definition) is 3. The molecule has 14 heavy (non-hydrogen) atoms. The largest absolute Gasteiger partial charge is 0.493 e. The molecule has 0 radical (unpaired) electrons. The minimum atomic E-state index is 0.0262. The lowest BCUT2D eigenvalue weighted by atomic mass is 10.3. The van der Waals surface area contributed by atoms with Crippen LogP contribution in [-0.4, -0.2) is 14.7 Å². The van der Waals surface area contributed by atoms with E-state index in [-0.39, 0.29) is 5.88 Å². The third kappa shape index (κ3) is 1.38. The summed E-state index contributed by atoms with van der Waals surface area (Å²) in [5.41, 5.74) is 7.14. The van der Waals surface area contributed by atoms with Gasteiger partial charge in [0.25, 0.3) is 0 Å². The van der Waals surface area contributed by atoms with Gasteiger partial charge in [0.2, 0.25) is 5.88 Å². The second-order valence-corrected chi connectivity index (χ2v) is 3.26. The molecule has 5 heteroatoms. The quantitative estimate of drug-likeness (QED) is 0.493. The number of nitrogens with zero attached hydrogens (tertiary/aromatic N) is 1. The van der Waals surface area contributed by atoms with E-state index in [1.807, 2.05) is 18.2 Å². The molecule has 0 aliphatic heterocycles. The zero-order valence-electron chi connectivity index (χ0n) is 7.27. The normalized spacial score (nSPS) is 10.3. The molecule has 1 heterocycles. The zero-order chi connectivity index (χ0) is 10.1. The van der Waals surface area contributed by atoms with Gasteiger partial charge in [-0.25, -0.2) is 0 Å². The van der Waals surface area contributed by atoms with Gasteiger partial charge in [-0.15, -0.1) is 0 Å². The van der Waals surface area contributed by atoms with Gasteiger partial charge in [0.15, 0.2) is 4.77 Å². The number of hydrogen-bond donors (Lipinski definition) is 3. The number of aromatic hydroxyl groups is 1. The van der Waals surface area contributed by atoms with Crippen molar-refractivity contribution in [3.8, 4) is 11.6 Å². The summed E-state index contributed by atoms with van der Waals surface area (Å²) >= 11 is 5.01. The van der Waals surface area contributed by atoms with Crippen LogP contribution in [0.25, 0.3) is 5.69 Å². The van der Waals surface area contributed by atoms with E-state index in [2.05, 4.69) is 4.98 Å². The maximum absolute atomic E-state index is 9.20. The smallest absolute Gasteiger partial charge is 0.207 e. The maximum Gasteiger partial charge on any atom is 0.207 e. The van der Waals surface area contributed by atoms with Gasteiger partial charge in [0, 0.05) is 0 Å². The SMILES string of the molecule is Nc1ccccc1-n1cc(O)[nH]c1=S. The number of nitrogen functional groups attached to an aromatic ring is 1. The summed E-state index contributed by atoms with van der Waals surface area (Å²) in [5, 5.41) is 9.20. The number of rotatable bonds is 1. The Morgan fingerprint density at radius 2 is 2.07 bits per heavy atom. The Labute approximate surface area is 85.6 Å². The maximum atomic E-state index is 9.20. The van der Waals surface area contributed by atoms with Crippen LogP contribution in [0.5, 0.6) is 5.88 Å². The summed E-state index contributed by atoms with van der Waals surface area (Å²) < 4.78 is 2.04. The highest BCUT2D eigenvalue weighted by atomic mass is 32.1. The molecule has 0 bridgehead atoms. The molecule has 4 nitrogen and oxygen atoms in total. The highest BCUT2D eigenvalue weighted by Gasteiger charge is 2.03. The summed E-state index contributed by atoms with van der Waals surface area (Å²) in [6.07, 6.45) is 1.49. The molecule has 2 aromatic rings. The van der Waals surface area contributed by atoms with Gasteiger partial charge in [-0.3, -0.25) is 4.57 Å². The summed E-state index contributed by atoms with van der Waals surface area (Å²) in [6, 6.07) is 7.31. The van der Waals surface area contributed by atoms with Crippen LogP contribution in [0.2, 0.25) is 0 Å². The molecule has 0 aliphatic rings. The van der Waals surface area contributed by atoms with Crippen molar-refractivity contribution in [3.63, 3.8) is 0 Å². The number of para-hydroxylation sites is 2. The third-order valence-corrected chi connectivity index (χ3v) is 2.20. The lowest BCUT2D eigenvalue weighted by molar-refractivity contribution is 0.456. The van der Waals surface area contributed by atoms with Crippen LogP contribution >= 0.6 is 12.2 Å². The summed E-state index contributed by atoms with van der Waals surface area (Å²) in [5.74, 6) is 0.0262. The Bertz CT molecular complexity index is 515. The van der Waals surface area contributed by atoms with Crippen LogP contribution in [0.15, 0.2) is 30.5 Å². The van der Waals surface area contributed by atoms with Crippen molar-refractivity contribution in [2.45, 2.75) is 0 Å². The fraction of sp³-hybridized carbons (Fsp3) is 0. The van der Waals surface area contributed by atoms with Crippen molar-refractivity contribution in [2.75, 3.05) is 5.73 Å². The van der Waals surface area contributed by atoms with Crippen LogP contribution in [0.3, 0.4) is 0 Å². The monoisotopic (exact) mass is 207 g/mol. The van der Waals surface area contributed by atoms with Crippen LogP contribution in [0.4, 0.5) is 5.69 Å². The highest BCUT2D eigenvalue weighted by molar-refractivity contribution is 7.71. The van der Waals surface area contributed by atoms with Crippen LogP contribution in [0.1, 0.15) is 0 Å². The Hall–Kier alpha value is -1.75. The Morgan fingerprint density at radius 1 is 1.36 bits per heavy atom. The van der Waals surface area contributed by atoms with Crippen LogP contribution < -0.4 is 5.73 Å². The Kier molecular flexibility index (Phi) is 2.01. The average Bonchev–Trinajstić information content (AvgIpc) is 2.46. The fourth-order valence-electron chi connectivity index (χ4n) is 1.27. The molecule has 0 saturated carbocycles. The molecule has 1 aromatic heterocycles. The number of anilines is 1. The molecule has 0 unspecified atom stereocenters. The number of nitrogens with one attached hydrogen (secondary N) is 1. The molecule has 0 atom stereocenters. The van der Waals surface area contributed by atoms with E-state index in [9.17, 15) is 5.11 Å². The van der Waals surface area contributed by atoms with E-state index in [1.54, 1.807) is 10.6 Å². The fourth-order valence-corrected chi connectivity index (χ4v) is 1.52. The van der Waals surface area contributed by atoms with E-state index in [0.29, 0.717) is 10.5 Å². The first kappa shape index (κ1) is 8.83. The van der Waals surface area contributed by atoms with Crippen molar-refractivity contribution in [1.29, 1.82) is 0 Å². The van der Waals surface area contributed by atoms with E-state index in [1.165, 1.54) is 6.20 Å². The van der Waals surface area contributed by atoms with Crippen molar-refractivity contribution < 1.29 is 5.11 Å². The molecule has 72 valence electrons. The van der Waals surface area contributed by atoms with Gasteiger partial charge in [0.1, 0.15) is 0 Å². The molecular formula is C9H9N3OS. The minimum Gasteiger partial charge on any atom is -0.493 e. The highest BCUT2D eigenvalue weighted by Crippen LogP contribution is 2.19. The topological polar surface area (TPSA) is 67.0 Å². The number of aromatic amines is 1. The van der Waals surface area contributed by atoms with Crippen LogP contribution in [0, 0.1) is 4.77 Å². The van der Waals surface area contributed by atoms with Crippen molar-refractivity contribution >= 4 is 17.9 Å². The number of benzene rings is 1. The number of aromatic nitrogens is 2. The molecule has 0 fully saturated rings. The average molecular weight is 207 g/mol. The van der Waals surface area contributed by atoms with E-state index < -0.39 is 0 Å². The second kappa shape index (κ2) is 3.19. The molecule has 4 N–H and O–H groups in total. The van der Waals surface area contributed by atoms with E-state index in [0.717, 1.165) is 5.69 Å². The molecule has 2 rings (SSSR count). The zero-order valence-corrected chi connectivity index (χ0v) is 8.08. The van der Waals surface area contributed by atoms with Crippen molar-refractivity contribution in [1.82, 2.24) is 9.55 Å². The van der Waals surface area contributed by atoms with Gasteiger partial charge in [-0.2, -0.15) is 0 Å². The summed E-state index contributed by atoms with van der Waals surface area (Å²) in [4.78, 5) is 2.61. The Morgan fingerprint density at radius 3 is 2.64 bits per heavy atom. The van der Waals surface area contributed by atoms with Gasteiger partial charge < -0.3 is 15.8 Å². The van der Waals surface area contributed by atoms with Crippen LogP contribution in [-0.2, 0) is 0 Å². The third-order valence-electron chi connectivity index (χ3n) is 1.90. The number of nitrogens with two attached hydrogens (primary N) is 1. The minimum absolute atomic E-state index is 0.0262. The second-order valence-electron chi connectivity index (χ2n) is 2.87. The Balaban J connectivity index is 2.66. The van der Waals surface area contributed by atoms with Gasteiger partial charge >= 0.3 is 0 Å². The van der Waals surface area contributed by atoms with Crippen molar-refractivity contribution in [3.05, 3.63) is 35.2 Å². The number of H-pyrrole nitrogens is 1. The first-order valence-corrected chi connectivity index (χ1v) is 4.45. The molecule has 0 amide bonds. The molecule has 0 saturated heterocycles. The van der Waals surface area contributed by atoms with Gasteiger partial charge in [-0.05, 0) is 24.4 Å². The van der Waals surface area contributed by atoms with E-state index >= 15 is 0 Å². The van der Waals surface area contributed by atoms with E-state index in [4.69, 9.17) is 18.0 Å². The summed E-state index contributed by atoms with van der Waals surface area (Å²) in [6.45, 7) is 0. The lowest BCUT2D eigenvalue weighted by Crippen LogP contribution is -1.97. The first-order chi connectivity index (χ1) is 6.68.